The van der Waals surface area contributed by atoms with Gasteiger partial charge in [0.1, 0.15) is 5.60 Å². The molecule has 1 heterocycles. The summed E-state index contributed by atoms with van der Waals surface area (Å²) in [6, 6.07) is 10.4. The van der Waals surface area contributed by atoms with Crippen LogP contribution >= 0.6 is 0 Å². The Morgan fingerprint density at radius 2 is 1.96 bits per heavy atom. The summed E-state index contributed by atoms with van der Waals surface area (Å²) in [6.07, 6.45) is -0.383. The van der Waals surface area contributed by atoms with E-state index in [0.29, 0.717) is 13.1 Å². The van der Waals surface area contributed by atoms with Gasteiger partial charge in [0.15, 0.2) is 0 Å². The first-order valence-electron chi connectivity index (χ1n) is 7.87. The minimum Gasteiger partial charge on any atom is -0.444 e. The number of fused-ring (bicyclic) bond motifs is 1. The maximum absolute atomic E-state index is 11.5. The van der Waals surface area contributed by atoms with E-state index >= 15 is 0 Å². The minimum atomic E-state index is -0.463. The standard InChI is InChI=1S/C18H25N3O2/c1-13-5-7-15-11-14(6-8-16(15)21-13)12-19-9-10-20-17(22)23-18(2,3)4/h5-8,11,19H,9-10,12H2,1-4H3,(H,20,22). The van der Waals surface area contributed by atoms with Crippen LogP contribution < -0.4 is 10.6 Å². The summed E-state index contributed by atoms with van der Waals surface area (Å²) in [5, 5.41) is 7.17. The molecule has 124 valence electrons. The average Bonchev–Trinajstić information content (AvgIpc) is 2.45. The van der Waals surface area contributed by atoms with Crippen molar-refractivity contribution in [3.05, 3.63) is 41.6 Å². The molecule has 0 unspecified atom stereocenters. The van der Waals surface area contributed by atoms with Crippen molar-refractivity contribution < 1.29 is 9.53 Å². The summed E-state index contributed by atoms with van der Waals surface area (Å²) in [7, 11) is 0. The SMILES string of the molecule is Cc1ccc2cc(CNCCNC(=O)OC(C)(C)C)ccc2n1. The molecule has 2 rings (SSSR count). The molecule has 5 nitrogen and oxygen atoms in total. The third kappa shape index (κ3) is 5.87. The normalized spacial score (nSPS) is 11.5. The van der Waals surface area contributed by atoms with Gasteiger partial charge in [0.2, 0.25) is 0 Å². The number of hydrogen-bond donors (Lipinski definition) is 2. The zero-order valence-electron chi connectivity index (χ0n) is 14.3. The van der Waals surface area contributed by atoms with E-state index in [1.165, 1.54) is 5.56 Å². The second-order valence-corrected chi connectivity index (χ2v) is 6.59. The molecule has 1 aromatic carbocycles. The fourth-order valence-electron chi connectivity index (χ4n) is 2.19. The maximum Gasteiger partial charge on any atom is 0.407 e. The first kappa shape index (κ1) is 17.2. The van der Waals surface area contributed by atoms with Crippen LogP contribution in [-0.4, -0.2) is 29.8 Å². The first-order chi connectivity index (χ1) is 10.8. The molecule has 0 aliphatic rings. The van der Waals surface area contributed by atoms with E-state index in [-0.39, 0.29) is 6.09 Å². The average molecular weight is 315 g/mol. The van der Waals surface area contributed by atoms with Gasteiger partial charge in [-0.05, 0) is 51.5 Å². The van der Waals surface area contributed by atoms with Crippen LogP contribution in [0.25, 0.3) is 10.9 Å². The molecule has 1 amide bonds. The highest BCUT2D eigenvalue weighted by atomic mass is 16.6. The van der Waals surface area contributed by atoms with E-state index in [1.807, 2.05) is 39.8 Å². The van der Waals surface area contributed by atoms with E-state index < -0.39 is 5.60 Å². The molecule has 2 aromatic rings. The second kappa shape index (κ2) is 7.42. The van der Waals surface area contributed by atoms with Crippen LogP contribution in [0.2, 0.25) is 0 Å². The largest absolute Gasteiger partial charge is 0.444 e. The molecule has 1 aromatic heterocycles. The van der Waals surface area contributed by atoms with Crippen LogP contribution in [0.5, 0.6) is 0 Å². The number of amides is 1. The predicted octanol–water partition coefficient (Wildman–Crippen LogP) is 3.16. The van der Waals surface area contributed by atoms with Crippen LogP contribution in [-0.2, 0) is 11.3 Å². The molecule has 0 atom stereocenters. The Morgan fingerprint density at radius 1 is 1.17 bits per heavy atom. The molecule has 2 N–H and O–H groups in total. The number of hydrogen-bond acceptors (Lipinski definition) is 4. The van der Waals surface area contributed by atoms with Gasteiger partial charge in [-0.3, -0.25) is 4.98 Å². The van der Waals surface area contributed by atoms with Crippen molar-refractivity contribution in [2.45, 2.75) is 39.8 Å². The topological polar surface area (TPSA) is 63.2 Å². The van der Waals surface area contributed by atoms with E-state index in [2.05, 4.69) is 33.8 Å². The molecule has 0 fully saturated rings. The van der Waals surface area contributed by atoms with Gasteiger partial charge in [-0.15, -0.1) is 0 Å². The summed E-state index contributed by atoms with van der Waals surface area (Å²) in [5.41, 5.74) is 2.77. The fourth-order valence-corrected chi connectivity index (χ4v) is 2.19. The Bertz CT molecular complexity index is 678. The minimum absolute atomic E-state index is 0.383. The Morgan fingerprint density at radius 3 is 2.70 bits per heavy atom. The quantitative estimate of drug-likeness (QED) is 0.832. The zero-order chi connectivity index (χ0) is 16.9. The molecular weight excluding hydrogens is 290 g/mol. The molecule has 0 aliphatic carbocycles. The van der Waals surface area contributed by atoms with Crippen molar-refractivity contribution >= 4 is 17.0 Å². The number of aromatic nitrogens is 1. The lowest BCUT2D eigenvalue weighted by Crippen LogP contribution is -2.36. The van der Waals surface area contributed by atoms with Crippen molar-refractivity contribution in [2.24, 2.45) is 0 Å². The Balaban J connectivity index is 1.74. The van der Waals surface area contributed by atoms with Crippen LogP contribution in [0.1, 0.15) is 32.0 Å². The summed E-state index contributed by atoms with van der Waals surface area (Å²) >= 11 is 0. The Labute approximate surface area is 137 Å². The number of aryl methyl sites for hydroxylation is 1. The van der Waals surface area contributed by atoms with Crippen molar-refractivity contribution in [3.63, 3.8) is 0 Å². The maximum atomic E-state index is 11.5. The van der Waals surface area contributed by atoms with Gasteiger partial charge >= 0.3 is 6.09 Å². The molecule has 0 radical (unpaired) electrons. The van der Waals surface area contributed by atoms with Gasteiger partial charge in [0.05, 0.1) is 5.52 Å². The Hall–Kier alpha value is -2.14. The van der Waals surface area contributed by atoms with E-state index in [9.17, 15) is 4.79 Å². The van der Waals surface area contributed by atoms with Crippen LogP contribution in [0.3, 0.4) is 0 Å². The van der Waals surface area contributed by atoms with E-state index in [4.69, 9.17) is 4.74 Å². The van der Waals surface area contributed by atoms with Gasteiger partial charge in [-0.25, -0.2) is 4.79 Å². The van der Waals surface area contributed by atoms with Gasteiger partial charge < -0.3 is 15.4 Å². The number of nitrogens with zero attached hydrogens (tertiary/aromatic N) is 1. The fraction of sp³-hybridized carbons (Fsp3) is 0.444. The lowest BCUT2D eigenvalue weighted by molar-refractivity contribution is 0.0528. The highest BCUT2D eigenvalue weighted by molar-refractivity contribution is 5.79. The highest BCUT2D eigenvalue weighted by Gasteiger charge is 2.15. The molecule has 5 heteroatoms. The van der Waals surface area contributed by atoms with Crippen LogP contribution in [0.15, 0.2) is 30.3 Å². The third-order valence-corrected chi connectivity index (χ3v) is 3.19. The van der Waals surface area contributed by atoms with Crippen LogP contribution in [0, 0.1) is 6.92 Å². The van der Waals surface area contributed by atoms with Crippen molar-refractivity contribution in [1.29, 1.82) is 0 Å². The summed E-state index contributed by atoms with van der Waals surface area (Å²) in [5.74, 6) is 0. The van der Waals surface area contributed by atoms with Gasteiger partial charge in [-0.2, -0.15) is 0 Å². The summed E-state index contributed by atoms with van der Waals surface area (Å²) in [6.45, 7) is 9.50. The van der Waals surface area contributed by atoms with Gasteiger partial charge in [0, 0.05) is 30.7 Å². The highest BCUT2D eigenvalue weighted by Crippen LogP contribution is 2.14. The number of carbonyl (C=O) groups is 1. The Kier molecular flexibility index (Phi) is 5.55. The van der Waals surface area contributed by atoms with E-state index in [1.54, 1.807) is 0 Å². The number of benzene rings is 1. The number of ether oxygens (including phenoxy) is 1. The third-order valence-electron chi connectivity index (χ3n) is 3.19. The number of rotatable bonds is 5. The zero-order valence-corrected chi connectivity index (χ0v) is 14.3. The molecule has 23 heavy (non-hydrogen) atoms. The smallest absolute Gasteiger partial charge is 0.407 e. The number of nitrogens with one attached hydrogen (secondary N) is 2. The number of alkyl carbamates (subject to hydrolysis) is 1. The lowest BCUT2D eigenvalue weighted by Gasteiger charge is -2.19. The molecule has 0 spiro atoms. The van der Waals surface area contributed by atoms with E-state index in [0.717, 1.165) is 23.1 Å². The van der Waals surface area contributed by atoms with Gasteiger partial charge in [-0.1, -0.05) is 12.1 Å². The molecule has 0 saturated carbocycles. The summed E-state index contributed by atoms with van der Waals surface area (Å²) in [4.78, 5) is 16.0. The lowest BCUT2D eigenvalue weighted by atomic mass is 10.1. The van der Waals surface area contributed by atoms with Crippen molar-refractivity contribution in [3.8, 4) is 0 Å². The number of carbonyl (C=O) groups excluding carboxylic acids is 1. The molecule has 0 bridgehead atoms. The molecular formula is C18H25N3O2. The van der Waals surface area contributed by atoms with Crippen molar-refractivity contribution in [1.82, 2.24) is 15.6 Å². The molecule has 0 saturated heterocycles. The number of pyridine rings is 1. The van der Waals surface area contributed by atoms with Gasteiger partial charge in [0.25, 0.3) is 0 Å². The predicted molar refractivity (Wildman–Crippen MR) is 92.4 cm³/mol. The monoisotopic (exact) mass is 315 g/mol. The van der Waals surface area contributed by atoms with Crippen LogP contribution in [0.4, 0.5) is 4.79 Å². The molecule has 0 aliphatic heterocycles. The van der Waals surface area contributed by atoms with Crippen molar-refractivity contribution in [2.75, 3.05) is 13.1 Å². The second-order valence-electron chi connectivity index (χ2n) is 6.59. The summed E-state index contributed by atoms with van der Waals surface area (Å²) < 4.78 is 5.18. The first-order valence-corrected chi connectivity index (χ1v) is 7.87.